The Bertz CT molecular complexity index is 1150. The number of nitrogens with one attached hydrogen (secondary N) is 2. The summed E-state index contributed by atoms with van der Waals surface area (Å²) in [4.78, 5) is 13.7. The summed E-state index contributed by atoms with van der Waals surface area (Å²) in [5.74, 6) is 0.0233. The second-order valence-corrected chi connectivity index (χ2v) is 7.51. The molecule has 4 rings (SSSR count). The van der Waals surface area contributed by atoms with Crippen LogP contribution in [0.3, 0.4) is 0 Å². The van der Waals surface area contributed by atoms with Crippen LogP contribution in [0.4, 0.5) is 0 Å². The summed E-state index contributed by atoms with van der Waals surface area (Å²) >= 11 is 0. The van der Waals surface area contributed by atoms with Gasteiger partial charge in [-0.2, -0.15) is 5.26 Å². The average Bonchev–Trinajstić information content (AvgIpc) is 3.02. The van der Waals surface area contributed by atoms with Gasteiger partial charge in [0.2, 0.25) is 5.91 Å². The van der Waals surface area contributed by atoms with Gasteiger partial charge in [0.1, 0.15) is 0 Å². The Hall–Kier alpha value is -3.59. The number of guanidine groups is 1. The number of carbonyl (C=O) groups is 1. The van der Waals surface area contributed by atoms with Crippen LogP contribution in [0.5, 0.6) is 0 Å². The largest absolute Gasteiger partial charge is 0.350 e. The van der Waals surface area contributed by atoms with Crippen molar-refractivity contribution in [3.8, 4) is 17.2 Å². The van der Waals surface area contributed by atoms with Crippen LogP contribution in [0.25, 0.3) is 22.0 Å². The van der Waals surface area contributed by atoms with Crippen LogP contribution < -0.4 is 5.32 Å². The molecule has 1 fully saturated rings. The number of carbonyl (C=O) groups excluding carboxylic acids is 1. The van der Waals surface area contributed by atoms with Gasteiger partial charge < -0.3 is 9.88 Å². The molecule has 3 aromatic rings. The maximum atomic E-state index is 12.3. The van der Waals surface area contributed by atoms with E-state index in [-0.39, 0.29) is 18.3 Å². The van der Waals surface area contributed by atoms with Crippen LogP contribution in [-0.4, -0.2) is 28.4 Å². The van der Waals surface area contributed by atoms with E-state index in [0.29, 0.717) is 5.56 Å². The monoisotopic (exact) mass is 371 g/mol. The minimum absolute atomic E-state index is 0.0821. The third-order valence-corrected chi connectivity index (χ3v) is 5.54. The first kappa shape index (κ1) is 17.8. The van der Waals surface area contributed by atoms with Gasteiger partial charge in [-0.05, 0) is 42.3 Å². The standard InChI is InChI=1S/C22H21N5O/c1-22(11-20(28)27(3)21(24)25-22)16-7-8-19-17(10-16)18(13-26(19)2)15-6-4-5-14(9-15)12-23/h4-10,13H,11H2,1-3H3,(H2,24,25)/t22-/m0/s1. The lowest BCUT2D eigenvalue weighted by molar-refractivity contribution is -0.129. The first-order valence-corrected chi connectivity index (χ1v) is 9.06. The maximum absolute atomic E-state index is 12.3. The van der Waals surface area contributed by atoms with Gasteiger partial charge in [-0.3, -0.25) is 15.1 Å². The Morgan fingerprint density at radius 1 is 1.21 bits per heavy atom. The average molecular weight is 371 g/mol. The molecule has 2 N–H and O–H groups in total. The van der Waals surface area contributed by atoms with Crippen LogP contribution >= 0.6 is 0 Å². The highest BCUT2D eigenvalue weighted by molar-refractivity contribution is 6.00. The van der Waals surface area contributed by atoms with Gasteiger partial charge in [-0.15, -0.1) is 0 Å². The van der Waals surface area contributed by atoms with E-state index in [1.807, 2.05) is 44.3 Å². The molecule has 2 heterocycles. The molecular weight excluding hydrogens is 350 g/mol. The summed E-state index contributed by atoms with van der Waals surface area (Å²) in [6.45, 7) is 1.95. The fourth-order valence-electron chi connectivity index (χ4n) is 3.83. The van der Waals surface area contributed by atoms with Gasteiger partial charge >= 0.3 is 0 Å². The van der Waals surface area contributed by atoms with Crippen molar-refractivity contribution in [1.29, 1.82) is 10.7 Å². The van der Waals surface area contributed by atoms with Crippen molar-refractivity contribution in [2.24, 2.45) is 7.05 Å². The summed E-state index contributed by atoms with van der Waals surface area (Å²) in [6.07, 6.45) is 2.34. The van der Waals surface area contributed by atoms with Gasteiger partial charge in [0.25, 0.3) is 0 Å². The lowest BCUT2D eigenvalue weighted by atomic mass is 9.85. The Morgan fingerprint density at radius 2 is 2.00 bits per heavy atom. The second kappa shape index (κ2) is 6.24. The van der Waals surface area contributed by atoms with Crippen molar-refractivity contribution < 1.29 is 4.79 Å². The summed E-state index contributed by atoms with van der Waals surface area (Å²) in [6, 6.07) is 15.9. The molecule has 1 aliphatic rings. The molecule has 6 heteroatoms. The molecule has 0 bridgehead atoms. The highest BCUT2D eigenvalue weighted by atomic mass is 16.2. The van der Waals surface area contributed by atoms with E-state index >= 15 is 0 Å². The summed E-state index contributed by atoms with van der Waals surface area (Å²) in [5.41, 5.74) is 4.01. The normalized spacial score (nSPS) is 19.6. The number of aryl methyl sites for hydroxylation is 1. The second-order valence-electron chi connectivity index (χ2n) is 7.51. The van der Waals surface area contributed by atoms with Crippen molar-refractivity contribution in [2.75, 3.05) is 7.05 Å². The van der Waals surface area contributed by atoms with E-state index in [1.165, 1.54) is 4.90 Å². The third-order valence-electron chi connectivity index (χ3n) is 5.54. The van der Waals surface area contributed by atoms with Gasteiger partial charge in [-0.1, -0.05) is 18.2 Å². The molecule has 0 radical (unpaired) electrons. The smallest absolute Gasteiger partial charge is 0.231 e. The molecule has 28 heavy (non-hydrogen) atoms. The summed E-state index contributed by atoms with van der Waals surface area (Å²) < 4.78 is 2.06. The van der Waals surface area contributed by atoms with Crippen molar-refractivity contribution in [3.05, 3.63) is 59.8 Å². The third kappa shape index (κ3) is 2.72. The summed E-state index contributed by atoms with van der Waals surface area (Å²) in [7, 11) is 3.60. The van der Waals surface area contributed by atoms with E-state index in [1.54, 1.807) is 13.1 Å². The van der Waals surface area contributed by atoms with E-state index in [4.69, 9.17) is 5.41 Å². The van der Waals surface area contributed by atoms with Crippen LogP contribution in [0.15, 0.2) is 48.7 Å². The highest BCUT2D eigenvalue weighted by Crippen LogP contribution is 2.35. The Morgan fingerprint density at radius 3 is 2.71 bits per heavy atom. The lowest BCUT2D eigenvalue weighted by Crippen LogP contribution is -2.58. The molecule has 1 aromatic heterocycles. The molecule has 1 atom stereocenters. The van der Waals surface area contributed by atoms with Crippen molar-refractivity contribution in [1.82, 2.24) is 14.8 Å². The highest BCUT2D eigenvalue weighted by Gasteiger charge is 2.38. The topological polar surface area (TPSA) is 84.9 Å². The number of fused-ring (bicyclic) bond motifs is 1. The van der Waals surface area contributed by atoms with Crippen LogP contribution in [0.2, 0.25) is 0 Å². The van der Waals surface area contributed by atoms with Gasteiger partial charge in [0, 0.05) is 36.8 Å². The fraction of sp³-hybridized carbons (Fsp3) is 0.227. The molecule has 0 spiro atoms. The van der Waals surface area contributed by atoms with E-state index in [9.17, 15) is 10.1 Å². The molecule has 0 unspecified atom stereocenters. The number of benzene rings is 2. The van der Waals surface area contributed by atoms with Gasteiger partial charge in [-0.25, -0.2) is 0 Å². The number of rotatable bonds is 2. The fourth-order valence-corrected chi connectivity index (χ4v) is 3.83. The number of aromatic nitrogens is 1. The van der Waals surface area contributed by atoms with E-state index in [0.717, 1.165) is 27.6 Å². The van der Waals surface area contributed by atoms with Crippen molar-refractivity contribution >= 4 is 22.8 Å². The molecule has 0 saturated carbocycles. The zero-order valence-electron chi connectivity index (χ0n) is 16.1. The molecule has 2 aromatic carbocycles. The number of nitriles is 1. The predicted octanol–water partition coefficient (Wildman–Crippen LogP) is 3.32. The molecule has 1 aliphatic heterocycles. The SMILES string of the molecule is CN1C(=N)N[C@](C)(c2ccc3c(c2)c(-c2cccc(C#N)c2)cn3C)CC1=O. The van der Waals surface area contributed by atoms with Gasteiger partial charge in [0.15, 0.2) is 5.96 Å². The first-order chi connectivity index (χ1) is 13.3. The zero-order valence-corrected chi connectivity index (χ0v) is 16.1. The number of hydrogen-bond donors (Lipinski definition) is 2. The number of hydrogen-bond acceptors (Lipinski definition) is 3. The van der Waals surface area contributed by atoms with Crippen LogP contribution in [0, 0.1) is 16.7 Å². The first-order valence-electron chi connectivity index (χ1n) is 9.06. The van der Waals surface area contributed by atoms with Crippen LogP contribution in [-0.2, 0) is 17.4 Å². The lowest BCUT2D eigenvalue weighted by Gasteiger charge is -2.39. The quantitative estimate of drug-likeness (QED) is 0.725. The number of amides is 1. The number of nitrogens with zero attached hydrogens (tertiary/aromatic N) is 3. The predicted molar refractivity (Wildman–Crippen MR) is 109 cm³/mol. The van der Waals surface area contributed by atoms with Crippen LogP contribution in [0.1, 0.15) is 24.5 Å². The van der Waals surface area contributed by atoms with E-state index in [2.05, 4.69) is 28.2 Å². The molecule has 6 nitrogen and oxygen atoms in total. The molecule has 1 saturated heterocycles. The Kier molecular flexibility index (Phi) is 3.97. The Labute approximate surface area is 163 Å². The van der Waals surface area contributed by atoms with Crippen molar-refractivity contribution in [2.45, 2.75) is 18.9 Å². The molecular formula is C22H21N5O. The maximum Gasteiger partial charge on any atom is 0.231 e. The molecule has 140 valence electrons. The Balaban J connectivity index is 1.86. The molecule has 0 aliphatic carbocycles. The minimum atomic E-state index is -0.642. The van der Waals surface area contributed by atoms with Gasteiger partial charge in [0.05, 0.1) is 23.6 Å². The summed E-state index contributed by atoms with van der Waals surface area (Å²) in [5, 5.41) is 21.5. The molecule has 1 amide bonds. The zero-order chi connectivity index (χ0) is 20.1. The minimum Gasteiger partial charge on any atom is -0.350 e. The van der Waals surface area contributed by atoms with Crippen molar-refractivity contribution in [3.63, 3.8) is 0 Å². The van der Waals surface area contributed by atoms with E-state index < -0.39 is 5.54 Å².